The summed E-state index contributed by atoms with van der Waals surface area (Å²) < 4.78 is 6.07. The topological polar surface area (TPSA) is 73.8 Å². The zero-order chi connectivity index (χ0) is 10.7. The van der Waals surface area contributed by atoms with Gasteiger partial charge in [0.25, 0.3) is 0 Å². The van der Waals surface area contributed by atoms with E-state index in [1.807, 2.05) is 13.0 Å². The van der Waals surface area contributed by atoms with Gasteiger partial charge in [-0.3, -0.25) is 9.09 Å². The number of hydrogen-bond donors (Lipinski definition) is 0. The van der Waals surface area contributed by atoms with E-state index in [0.29, 0.717) is 18.8 Å². The molecule has 6 nitrogen and oxygen atoms in total. The number of hydrogen-bond acceptors (Lipinski definition) is 5. The molecule has 2 rings (SSSR count). The molecule has 0 aliphatic rings. The van der Waals surface area contributed by atoms with Gasteiger partial charge in [0.2, 0.25) is 0 Å². The molecule has 0 fully saturated rings. The van der Waals surface area contributed by atoms with Crippen LogP contribution in [0.4, 0.5) is 0 Å². The zero-order valence-corrected chi connectivity index (χ0v) is 8.25. The fraction of sp³-hybridized carbons (Fsp3) is 0.333. The van der Waals surface area contributed by atoms with Gasteiger partial charge in [-0.15, -0.1) is 0 Å². The molecule has 0 radical (unpaired) electrons. The Kier molecular flexibility index (Phi) is 2.57. The normalized spacial score (nSPS) is 10.5. The summed E-state index contributed by atoms with van der Waals surface area (Å²) in [5.74, 6) is 0.185. The standard InChI is InChI=1S/C9H10N4O2/c1-2-13-8(12-15-9(13)14)5-7-3-4-10-11-6-7/h3-4,6H,2,5H2,1H3. The molecule has 6 heteroatoms. The van der Waals surface area contributed by atoms with Crippen molar-refractivity contribution >= 4 is 0 Å². The van der Waals surface area contributed by atoms with Crippen molar-refractivity contribution in [3.05, 3.63) is 40.4 Å². The second-order valence-electron chi connectivity index (χ2n) is 3.04. The molecule has 0 bridgehead atoms. The number of aromatic nitrogens is 4. The first-order valence-electron chi connectivity index (χ1n) is 4.62. The van der Waals surface area contributed by atoms with Gasteiger partial charge in [0.05, 0.1) is 6.20 Å². The predicted octanol–water partition coefficient (Wildman–Crippen LogP) is 0.237. The van der Waals surface area contributed by atoms with Crippen molar-refractivity contribution in [2.24, 2.45) is 0 Å². The Bertz CT molecular complexity index is 488. The summed E-state index contributed by atoms with van der Waals surface area (Å²) in [4.78, 5) is 11.2. The maximum Gasteiger partial charge on any atom is 0.441 e. The van der Waals surface area contributed by atoms with Gasteiger partial charge < -0.3 is 0 Å². The third-order valence-electron chi connectivity index (χ3n) is 2.09. The summed E-state index contributed by atoms with van der Waals surface area (Å²) in [5.41, 5.74) is 0.945. The molecule has 0 saturated carbocycles. The van der Waals surface area contributed by atoms with E-state index in [1.54, 1.807) is 12.4 Å². The minimum atomic E-state index is -0.422. The molecule has 0 aromatic carbocycles. The molecule has 0 atom stereocenters. The van der Waals surface area contributed by atoms with E-state index in [-0.39, 0.29) is 0 Å². The Hall–Kier alpha value is -1.98. The van der Waals surface area contributed by atoms with E-state index in [9.17, 15) is 4.79 Å². The van der Waals surface area contributed by atoms with Crippen LogP contribution in [0.3, 0.4) is 0 Å². The van der Waals surface area contributed by atoms with E-state index < -0.39 is 5.76 Å². The van der Waals surface area contributed by atoms with Crippen molar-refractivity contribution in [3.8, 4) is 0 Å². The van der Waals surface area contributed by atoms with Gasteiger partial charge in [0, 0.05) is 19.2 Å². The predicted molar refractivity (Wildman–Crippen MR) is 51.3 cm³/mol. The van der Waals surface area contributed by atoms with Crippen molar-refractivity contribution in [1.29, 1.82) is 0 Å². The van der Waals surface area contributed by atoms with Gasteiger partial charge in [-0.1, -0.05) is 5.16 Å². The second kappa shape index (κ2) is 4.04. The lowest BCUT2D eigenvalue weighted by Crippen LogP contribution is -2.15. The van der Waals surface area contributed by atoms with Crippen LogP contribution >= 0.6 is 0 Å². The third kappa shape index (κ3) is 1.93. The minimum absolute atomic E-state index is 0.422. The van der Waals surface area contributed by atoms with Crippen LogP contribution < -0.4 is 5.76 Å². The monoisotopic (exact) mass is 206 g/mol. The number of nitrogens with zero attached hydrogens (tertiary/aromatic N) is 4. The molecule has 2 heterocycles. The maximum atomic E-state index is 11.2. The lowest BCUT2D eigenvalue weighted by atomic mass is 10.2. The smallest absolute Gasteiger partial charge is 0.296 e. The first-order valence-corrected chi connectivity index (χ1v) is 4.62. The van der Waals surface area contributed by atoms with Crippen LogP contribution in [0.25, 0.3) is 0 Å². The Morgan fingerprint density at radius 2 is 2.33 bits per heavy atom. The average molecular weight is 206 g/mol. The largest absolute Gasteiger partial charge is 0.441 e. The molecule has 0 spiro atoms. The van der Waals surface area contributed by atoms with E-state index >= 15 is 0 Å². The van der Waals surface area contributed by atoms with Crippen LogP contribution in [-0.4, -0.2) is 19.9 Å². The summed E-state index contributed by atoms with van der Waals surface area (Å²) >= 11 is 0. The molecule has 0 N–H and O–H groups in total. The molecular weight excluding hydrogens is 196 g/mol. The lowest BCUT2D eigenvalue weighted by Gasteiger charge is -1.99. The fourth-order valence-corrected chi connectivity index (χ4v) is 1.34. The van der Waals surface area contributed by atoms with Crippen molar-refractivity contribution < 1.29 is 4.52 Å². The molecule has 0 aliphatic heterocycles. The van der Waals surface area contributed by atoms with Gasteiger partial charge >= 0.3 is 5.76 Å². The van der Waals surface area contributed by atoms with Crippen molar-refractivity contribution in [1.82, 2.24) is 19.9 Å². The van der Waals surface area contributed by atoms with Crippen LogP contribution in [0.1, 0.15) is 18.3 Å². The molecule has 0 aliphatic carbocycles. The quantitative estimate of drug-likeness (QED) is 0.719. The van der Waals surface area contributed by atoms with Gasteiger partial charge in [-0.05, 0) is 18.6 Å². The second-order valence-corrected chi connectivity index (χ2v) is 3.04. The van der Waals surface area contributed by atoms with Gasteiger partial charge in [-0.25, -0.2) is 4.79 Å². The highest BCUT2D eigenvalue weighted by molar-refractivity contribution is 5.11. The molecule has 2 aromatic heterocycles. The lowest BCUT2D eigenvalue weighted by molar-refractivity contribution is 0.374. The maximum absolute atomic E-state index is 11.2. The average Bonchev–Trinajstić information content (AvgIpc) is 2.61. The van der Waals surface area contributed by atoms with E-state index in [2.05, 4.69) is 19.9 Å². The SMILES string of the molecule is CCn1c(Cc2ccnnc2)noc1=O. The minimum Gasteiger partial charge on any atom is -0.296 e. The van der Waals surface area contributed by atoms with Gasteiger partial charge in [-0.2, -0.15) is 10.2 Å². The molecule has 0 unspecified atom stereocenters. The van der Waals surface area contributed by atoms with Crippen LogP contribution in [0.5, 0.6) is 0 Å². The Morgan fingerprint density at radius 3 is 3.00 bits per heavy atom. The molecule has 15 heavy (non-hydrogen) atoms. The first-order chi connectivity index (χ1) is 7.31. The van der Waals surface area contributed by atoms with Crippen LogP contribution in [-0.2, 0) is 13.0 Å². The Balaban J connectivity index is 2.29. The first kappa shape index (κ1) is 9.57. The van der Waals surface area contributed by atoms with Crippen LogP contribution in [0.15, 0.2) is 27.8 Å². The summed E-state index contributed by atoms with van der Waals surface area (Å²) in [7, 11) is 0. The van der Waals surface area contributed by atoms with Gasteiger partial charge in [0.1, 0.15) is 0 Å². The molecular formula is C9H10N4O2. The van der Waals surface area contributed by atoms with Crippen LogP contribution in [0.2, 0.25) is 0 Å². The summed E-state index contributed by atoms with van der Waals surface area (Å²) in [6.07, 6.45) is 3.76. The van der Waals surface area contributed by atoms with Crippen LogP contribution in [0, 0.1) is 0 Å². The van der Waals surface area contributed by atoms with E-state index in [1.165, 1.54) is 4.57 Å². The highest BCUT2D eigenvalue weighted by Gasteiger charge is 2.09. The Morgan fingerprint density at radius 1 is 1.47 bits per heavy atom. The summed E-state index contributed by atoms with van der Waals surface area (Å²) in [6, 6.07) is 1.83. The molecule has 78 valence electrons. The van der Waals surface area contributed by atoms with E-state index in [0.717, 1.165) is 5.56 Å². The zero-order valence-electron chi connectivity index (χ0n) is 8.25. The highest BCUT2D eigenvalue weighted by atomic mass is 16.5. The fourth-order valence-electron chi connectivity index (χ4n) is 1.34. The number of rotatable bonds is 3. The third-order valence-corrected chi connectivity index (χ3v) is 2.09. The van der Waals surface area contributed by atoms with Gasteiger partial charge in [0.15, 0.2) is 5.82 Å². The summed E-state index contributed by atoms with van der Waals surface area (Å²) in [6.45, 7) is 2.42. The van der Waals surface area contributed by atoms with Crippen molar-refractivity contribution in [2.45, 2.75) is 19.9 Å². The molecule has 0 amide bonds. The molecule has 0 saturated heterocycles. The van der Waals surface area contributed by atoms with Crippen molar-refractivity contribution in [3.63, 3.8) is 0 Å². The van der Waals surface area contributed by atoms with E-state index in [4.69, 9.17) is 0 Å². The Labute approximate surface area is 85.5 Å². The highest BCUT2D eigenvalue weighted by Crippen LogP contribution is 2.03. The molecule has 2 aromatic rings. The summed E-state index contributed by atoms with van der Waals surface area (Å²) in [5, 5.41) is 11.1. The van der Waals surface area contributed by atoms with Crippen molar-refractivity contribution in [2.75, 3.05) is 0 Å².